The summed E-state index contributed by atoms with van der Waals surface area (Å²) < 4.78 is 4.64. The molecule has 0 saturated heterocycles. The third kappa shape index (κ3) is 4.38. The number of hydrogen-bond donors (Lipinski definition) is 2. The summed E-state index contributed by atoms with van der Waals surface area (Å²) in [4.78, 5) is 10.8. The van der Waals surface area contributed by atoms with Gasteiger partial charge in [-0.15, -0.1) is 0 Å². The van der Waals surface area contributed by atoms with E-state index in [9.17, 15) is 4.79 Å². The molecule has 5 N–H and O–H groups in total. The Balaban J connectivity index is 0. The number of carbonyl (C=O) groups excluding carboxylic acids is 1. The number of allylic oxidation sites excluding steroid dienone is 1. The van der Waals surface area contributed by atoms with E-state index in [4.69, 9.17) is 5.73 Å². The minimum absolute atomic E-state index is 0. The number of rotatable bonds is 2. The molecule has 0 aliphatic rings. The van der Waals surface area contributed by atoms with E-state index in [2.05, 4.69) is 4.74 Å². The Bertz CT molecular complexity index is 160. The molecule has 0 heterocycles. The molecule has 0 aliphatic carbocycles. The molecule has 0 aromatic rings. The van der Waals surface area contributed by atoms with Crippen molar-refractivity contribution in [1.82, 2.24) is 6.15 Å². The van der Waals surface area contributed by atoms with E-state index < -0.39 is 5.97 Å². The third-order valence-electron chi connectivity index (χ3n) is 1.03. The van der Waals surface area contributed by atoms with Gasteiger partial charge >= 0.3 is 5.97 Å². The Morgan fingerprint density at radius 1 is 1.45 bits per heavy atom. The number of hydrogen-bond acceptors (Lipinski definition) is 4. The highest BCUT2D eigenvalue weighted by Crippen LogP contribution is 1.97. The van der Waals surface area contributed by atoms with Crippen molar-refractivity contribution in [2.45, 2.75) is 20.8 Å². The fraction of sp³-hybridized carbons (Fsp3) is 0.571. The van der Waals surface area contributed by atoms with Crippen LogP contribution >= 0.6 is 0 Å². The molecule has 11 heavy (non-hydrogen) atoms. The topological polar surface area (TPSA) is 87.3 Å². The van der Waals surface area contributed by atoms with Gasteiger partial charge in [-0.25, -0.2) is 4.79 Å². The predicted octanol–water partition coefficient (Wildman–Crippen LogP) is 0.964. The zero-order valence-corrected chi connectivity index (χ0v) is 7.31. The van der Waals surface area contributed by atoms with Crippen LogP contribution in [0.25, 0.3) is 0 Å². The van der Waals surface area contributed by atoms with Gasteiger partial charge in [0.25, 0.3) is 0 Å². The van der Waals surface area contributed by atoms with Crippen molar-refractivity contribution in [1.29, 1.82) is 0 Å². The third-order valence-corrected chi connectivity index (χ3v) is 1.03. The van der Waals surface area contributed by atoms with Crippen LogP contribution in [0.5, 0.6) is 0 Å². The monoisotopic (exact) mass is 160 g/mol. The Labute approximate surface area is 67.0 Å². The second kappa shape index (κ2) is 5.73. The van der Waals surface area contributed by atoms with Crippen molar-refractivity contribution in [2.24, 2.45) is 5.73 Å². The zero-order chi connectivity index (χ0) is 8.15. The lowest BCUT2D eigenvalue weighted by Crippen LogP contribution is -2.15. The molecule has 4 nitrogen and oxygen atoms in total. The minimum atomic E-state index is -0.428. The van der Waals surface area contributed by atoms with Gasteiger partial charge < -0.3 is 16.6 Å². The molecule has 66 valence electrons. The van der Waals surface area contributed by atoms with Gasteiger partial charge in [-0.1, -0.05) is 0 Å². The molecular formula is C7H16N2O2. The van der Waals surface area contributed by atoms with Gasteiger partial charge in [0.1, 0.15) is 5.70 Å². The van der Waals surface area contributed by atoms with Gasteiger partial charge in [0.05, 0.1) is 6.61 Å². The SMILES string of the molecule is CCOC(=O)C(N)=C(C)C.N. The summed E-state index contributed by atoms with van der Waals surface area (Å²) in [5, 5.41) is 0. The Kier molecular flexibility index (Phi) is 6.58. The van der Waals surface area contributed by atoms with Crippen LogP contribution in [0.15, 0.2) is 11.3 Å². The summed E-state index contributed by atoms with van der Waals surface area (Å²) in [7, 11) is 0. The Morgan fingerprint density at radius 3 is 2.18 bits per heavy atom. The molecule has 0 aliphatic heterocycles. The maximum Gasteiger partial charge on any atom is 0.354 e. The van der Waals surface area contributed by atoms with Crippen LogP contribution in [0.4, 0.5) is 0 Å². The average molecular weight is 160 g/mol. The maximum atomic E-state index is 10.8. The van der Waals surface area contributed by atoms with Crippen LogP contribution in [0.2, 0.25) is 0 Å². The standard InChI is InChI=1S/C7H13NO2.H3N/c1-4-10-7(9)6(8)5(2)3;/h4,8H2,1-3H3;1H3. The van der Waals surface area contributed by atoms with E-state index in [1.165, 1.54) is 0 Å². The van der Waals surface area contributed by atoms with E-state index in [1.807, 2.05) is 0 Å². The van der Waals surface area contributed by atoms with Crippen molar-refractivity contribution in [3.05, 3.63) is 11.3 Å². The molecule has 0 aromatic carbocycles. The maximum absolute atomic E-state index is 10.8. The van der Waals surface area contributed by atoms with E-state index in [0.29, 0.717) is 6.61 Å². The largest absolute Gasteiger partial charge is 0.461 e. The van der Waals surface area contributed by atoms with Gasteiger partial charge in [0.15, 0.2) is 0 Å². The van der Waals surface area contributed by atoms with Crippen molar-refractivity contribution in [3.8, 4) is 0 Å². The molecule has 0 spiro atoms. The zero-order valence-electron chi connectivity index (χ0n) is 7.31. The first-order chi connectivity index (χ1) is 4.59. The molecule has 0 unspecified atom stereocenters. The summed E-state index contributed by atoms with van der Waals surface area (Å²) >= 11 is 0. The smallest absolute Gasteiger partial charge is 0.354 e. The van der Waals surface area contributed by atoms with Gasteiger partial charge in [-0.2, -0.15) is 0 Å². The number of esters is 1. The molecular weight excluding hydrogens is 144 g/mol. The molecule has 0 radical (unpaired) electrons. The quantitative estimate of drug-likeness (QED) is 0.465. The fourth-order valence-electron chi connectivity index (χ4n) is 0.413. The van der Waals surface area contributed by atoms with Crippen LogP contribution in [-0.2, 0) is 9.53 Å². The van der Waals surface area contributed by atoms with Crippen molar-refractivity contribution in [2.75, 3.05) is 6.61 Å². The lowest BCUT2D eigenvalue weighted by atomic mass is 10.3. The first-order valence-corrected chi connectivity index (χ1v) is 3.19. The molecule has 0 saturated carbocycles. The fourth-order valence-corrected chi connectivity index (χ4v) is 0.413. The first kappa shape index (κ1) is 12.6. The normalized spacial score (nSPS) is 7.91. The summed E-state index contributed by atoms with van der Waals surface area (Å²) in [5.74, 6) is -0.428. The Hall–Kier alpha value is -1.03. The predicted molar refractivity (Wildman–Crippen MR) is 44.2 cm³/mol. The van der Waals surface area contributed by atoms with E-state index in [1.54, 1.807) is 20.8 Å². The highest BCUT2D eigenvalue weighted by Gasteiger charge is 2.05. The summed E-state index contributed by atoms with van der Waals surface area (Å²) in [5.41, 5.74) is 6.35. The number of nitrogens with two attached hydrogens (primary N) is 1. The van der Waals surface area contributed by atoms with E-state index in [0.717, 1.165) is 5.57 Å². The highest BCUT2D eigenvalue weighted by atomic mass is 16.5. The van der Waals surface area contributed by atoms with Gasteiger partial charge in [0.2, 0.25) is 0 Å². The van der Waals surface area contributed by atoms with Crippen molar-refractivity contribution in [3.63, 3.8) is 0 Å². The van der Waals surface area contributed by atoms with Crippen LogP contribution in [-0.4, -0.2) is 12.6 Å². The lowest BCUT2D eigenvalue weighted by Gasteiger charge is -2.01. The molecule has 4 heteroatoms. The summed E-state index contributed by atoms with van der Waals surface area (Å²) in [6.07, 6.45) is 0. The molecule has 0 aromatic heterocycles. The van der Waals surface area contributed by atoms with Crippen LogP contribution in [0.3, 0.4) is 0 Å². The molecule has 0 rings (SSSR count). The molecule has 0 amide bonds. The number of ether oxygens (including phenoxy) is 1. The second-order valence-corrected chi connectivity index (χ2v) is 2.13. The van der Waals surface area contributed by atoms with Crippen LogP contribution in [0, 0.1) is 0 Å². The molecule has 0 fully saturated rings. The van der Waals surface area contributed by atoms with Crippen LogP contribution in [0.1, 0.15) is 20.8 Å². The molecule has 0 atom stereocenters. The van der Waals surface area contributed by atoms with Crippen molar-refractivity contribution < 1.29 is 9.53 Å². The van der Waals surface area contributed by atoms with Gasteiger partial charge in [-0.05, 0) is 26.3 Å². The van der Waals surface area contributed by atoms with Crippen LogP contribution < -0.4 is 11.9 Å². The summed E-state index contributed by atoms with van der Waals surface area (Å²) in [6, 6.07) is 0. The van der Waals surface area contributed by atoms with Crippen molar-refractivity contribution >= 4 is 5.97 Å². The van der Waals surface area contributed by atoms with Gasteiger partial charge in [-0.3, -0.25) is 0 Å². The second-order valence-electron chi connectivity index (χ2n) is 2.13. The van der Waals surface area contributed by atoms with E-state index in [-0.39, 0.29) is 11.8 Å². The lowest BCUT2D eigenvalue weighted by molar-refractivity contribution is -0.138. The average Bonchev–Trinajstić information content (AvgIpc) is 1.87. The minimum Gasteiger partial charge on any atom is -0.461 e. The first-order valence-electron chi connectivity index (χ1n) is 3.19. The van der Waals surface area contributed by atoms with Gasteiger partial charge in [0, 0.05) is 0 Å². The highest BCUT2D eigenvalue weighted by molar-refractivity contribution is 5.87. The number of carbonyl (C=O) groups is 1. The summed E-state index contributed by atoms with van der Waals surface area (Å²) in [6.45, 7) is 5.65. The van der Waals surface area contributed by atoms with E-state index >= 15 is 0 Å². The molecule has 0 bridgehead atoms. The Morgan fingerprint density at radius 2 is 1.91 bits per heavy atom.